The molecule has 0 atom stereocenters. The van der Waals surface area contributed by atoms with Crippen LogP contribution in [0.4, 0.5) is 11.6 Å². The van der Waals surface area contributed by atoms with Crippen LogP contribution in [-0.2, 0) is 4.79 Å². The van der Waals surface area contributed by atoms with Crippen molar-refractivity contribution in [3.8, 4) is 0 Å². The SMILES string of the molecule is CC(=O)Nc1cccc(C(=O)NCCNc2nsc3ccccc23)n1. The molecule has 0 fully saturated rings. The molecule has 0 saturated heterocycles. The highest BCUT2D eigenvalue weighted by molar-refractivity contribution is 7.13. The number of hydrogen-bond donors (Lipinski definition) is 3. The molecule has 2 aromatic heterocycles. The summed E-state index contributed by atoms with van der Waals surface area (Å²) in [4.78, 5) is 27.3. The van der Waals surface area contributed by atoms with Crippen molar-refractivity contribution >= 4 is 45.1 Å². The molecular weight excluding hydrogens is 338 g/mol. The number of carbonyl (C=O) groups is 2. The molecule has 3 aromatic rings. The van der Waals surface area contributed by atoms with Gasteiger partial charge in [0.15, 0.2) is 0 Å². The summed E-state index contributed by atoms with van der Waals surface area (Å²) in [5.41, 5.74) is 0.255. The molecule has 0 radical (unpaired) electrons. The monoisotopic (exact) mass is 355 g/mol. The van der Waals surface area contributed by atoms with Gasteiger partial charge >= 0.3 is 0 Å². The number of carbonyl (C=O) groups excluding carboxylic acids is 2. The summed E-state index contributed by atoms with van der Waals surface area (Å²) in [5, 5.41) is 9.63. The minimum absolute atomic E-state index is 0.232. The molecule has 8 heteroatoms. The molecule has 128 valence electrons. The Morgan fingerprint density at radius 1 is 1.08 bits per heavy atom. The maximum Gasteiger partial charge on any atom is 0.270 e. The van der Waals surface area contributed by atoms with Crippen LogP contribution in [0.2, 0.25) is 0 Å². The fourth-order valence-electron chi connectivity index (χ4n) is 2.27. The van der Waals surface area contributed by atoms with Crippen molar-refractivity contribution in [2.45, 2.75) is 6.92 Å². The number of rotatable bonds is 6. The second-order valence-electron chi connectivity index (χ2n) is 5.30. The lowest BCUT2D eigenvalue weighted by Crippen LogP contribution is -2.29. The lowest BCUT2D eigenvalue weighted by Gasteiger charge is -2.07. The highest BCUT2D eigenvalue weighted by Crippen LogP contribution is 2.25. The lowest BCUT2D eigenvalue weighted by atomic mass is 10.2. The fourth-order valence-corrected chi connectivity index (χ4v) is 3.03. The zero-order valence-electron chi connectivity index (χ0n) is 13.6. The van der Waals surface area contributed by atoms with Crippen molar-refractivity contribution in [1.29, 1.82) is 0 Å². The van der Waals surface area contributed by atoms with Crippen molar-refractivity contribution in [2.75, 3.05) is 23.7 Å². The normalized spacial score (nSPS) is 10.4. The summed E-state index contributed by atoms with van der Waals surface area (Å²) >= 11 is 1.44. The predicted molar refractivity (Wildman–Crippen MR) is 99.0 cm³/mol. The third kappa shape index (κ3) is 4.30. The first-order chi connectivity index (χ1) is 12.1. The van der Waals surface area contributed by atoms with E-state index in [-0.39, 0.29) is 17.5 Å². The third-order valence-corrected chi connectivity index (χ3v) is 4.19. The molecule has 0 aliphatic carbocycles. The molecule has 3 rings (SSSR count). The standard InChI is InChI=1S/C17H17N5O2S/c1-11(23)20-15-8-4-6-13(21-15)17(24)19-10-9-18-16-12-5-2-3-7-14(12)25-22-16/h2-8H,9-10H2,1H3,(H,18,22)(H,19,24)(H,20,21,23). The molecule has 0 aliphatic rings. The minimum Gasteiger partial charge on any atom is -0.367 e. The molecule has 2 amide bonds. The van der Waals surface area contributed by atoms with Crippen LogP contribution >= 0.6 is 11.5 Å². The van der Waals surface area contributed by atoms with E-state index in [9.17, 15) is 9.59 Å². The van der Waals surface area contributed by atoms with Gasteiger partial charge in [-0.15, -0.1) is 0 Å². The second kappa shape index (κ2) is 7.71. The van der Waals surface area contributed by atoms with Crippen LogP contribution in [0.25, 0.3) is 10.1 Å². The quantitative estimate of drug-likeness (QED) is 0.591. The number of amides is 2. The summed E-state index contributed by atoms with van der Waals surface area (Å²) in [5.74, 6) is 0.648. The number of anilines is 2. The minimum atomic E-state index is -0.294. The first-order valence-corrected chi connectivity index (χ1v) is 8.52. The van der Waals surface area contributed by atoms with Crippen LogP contribution in [0.1, 0.15) is 17.4 Å². The smallest absolute Gasteiger partial charge is 0.270 e. The molecule has 25 heavy (non-hydrogen) atoms. The molecule has 0 spiro atoms. The molecular formula is C17H17N5O2S. The number of pyridine rings is 1. The van der Waals surface area contributed by atoms with E-state index in [2.05, 4.69) is 25.3 Å². The van der Waals surface area contributed by atoms with Crippen LogP contribution in [0.5, 0.6) is 0 Å². The van der Waals surface area contributed by atoms with Gasteiger partial charge in [-0.1, -0.05) is 18.2 Å². The van der Waals surface area contributed by atoms with E-state index in [1.54, 1.807) is 18.2 Å². The Morgan fingerprint density at radius 2 is 1.92 bits per heavy atom. The molecule has 0 aliphatic heterocycles. The van der Waals surface area contributed by atoms with Gasteiger partial charge in [0.1, 0.15) is 17.3 Å². The van der Waals surface area contributed by atoms with Crippen LogP contribution in [-0.4, -0.2) is 34.3 Å². The maximum atomic E-state index is 12.1. The zero-order valence-corrected chi connectivity index (χ0v) is 14.4. The topological polar surface area (TPSA) is 96.0 Å². The second-order valence-corrected chi connectivity index (χ2v) is 6.10. The predicted octanol–water partition coefficient (Wildman–Crippen LogP) is 2.49. The largest absolute Gasteiger partial charge is 0.367 e. The van der Waals surface area contributed by atoms with Gasteiger partial charge in [0.05, 0.1) is 4.70 Å². The Kier molecular flexibility index (Phi) is 5.20. The van der Waals surface area contributed by atoms with E-state index in [1.165, 1.54) is 18.5 Å². The van der Waals surface area contributed by atoms with Crippen LogP contribution < -0.4 is 16.0 Å². The summed E-state index contributed by atoms with van der Waals surface area (Å²) in [7, 11) is 0. The van der Waals surface area contributed by atoms with E-state index in [4.69, 9.17) is 0 Å². The van der Waals surface area contributed by atoms with Gasteiger partial charge in [0.2, 0.25) is 5.91 Å². The number of hydrogen-bond acceptors (Lipinski definition) is 6. The Morgan fingerprint density at radius 3 is 2.76 bits per heavy atom. The number of aromatic nitrogens is 2. The maximum absolute atomic E-state index is 12.1. The van der Waals surface area contributed by atoms with Crippen molar-refractivity contribution in [2.24, 2.45) is 0 Å². The highest BCUT2D eigenvalue weighted by Gasteiger charge is 2.09. The number of nitrogens with one attached hydrogen (secondary N) is 3. The number of fused-ring (bicyclic) bond motifs is 1. The van der Waals surface area contributed by atoms with E-state index in [0.29, 0.717) is 18.9 Å². The van der Waals surface area contributed by atoms with Crippen molar-refractivity contribution < 1.29 is 9.59 Å². The Balaban J connectivity index is 1.52. The van der Waals surface area contributed by atoms with Crippen molar-refractivity contribution in [1.82, 2.24) is 14.7 Å². The molecule has 0 bridgehead atoms. The van der Waals surface area contributed by atoms with E-state index in [1.807, 2.05) is 24.3 Å². The molecule has 3 N–H and O–H groups in total. The molecule has 2 heterocycles. The Labute approximate surface area is 148 Å². The van der Waals surface area contributed by atoms with Gasteiger partial charge in [-0.2, -0.15) is 4.37 Å². The van der Waals surface area contributed by atoms with Gasteiger partial charge in [0.25, 0.3) is 5.91 Å². The molecule has 7 nitrogen and oxygen atoms in total. The zero-order chi connectivity index (χ0) is 17.6. The van der Waals surface area contributed by atoms with Gasteiger partial charge in [-0.3, -0.25) is 9.59 Å². The number of benzene rings is 1. The summed E-state index contributed by atoms with van der Waals surface area (Å²) in [6.45, 7) is 2.36. The average Bonchev–Trinajstić information content (AvgIpc) is 3.01. The Bertz CT molecular complexity index is 909. The van der Waals surface area contributed by atoms with E-state index >= 15 is 0 Å². The van der Waals surface area contributed by atoms with Crippen LogP contribution in [0.3, 0.4) is 0 Å². The van der Waals surface area contributed by atoms with E-state index < -0.39 is 0 Å². The van der Waals surface area contributed by atoms with Gasteiger partial charge in [-0.05, 0) is 35.8 Å². The summed E-state index contributed by atoms with van der Waals surface area (Å²) in [6.07, 6.45) is 0. The molecule has 0 saturated carbocycles. The summed E-state index contributed by atoms with van der Waals surface area (Å²) < 4.78 is 5.49. The lowest BCUT2D eigenvalue weighted by molar-refractivity contribution is -0.114. The average molecular weight is 355 g/mol. The van der Waals surface area contributed by atoms with Gasteiger partial charge in [-0.25, -0.2) is 4.98 Å². The summed E-state index contributed by atoms with van der Waals surface area (Å²) in [6, 6.07) is 12.9. The number of nitrogens with zero attached hydrogens (tertiary/aromatic N) is 2. The van der Waals surface area contributed by atoms with E-state index in [0.717, 1.165) is 15.9 Å². The molecule has 0 unspecified atom stereocenters. The van der Waals surface area contributed by atoms with Crippen molar-refractivity contribution in [3.63, 3.8) is 0 Å². The molecule has 1 aromatic carbocycles. The van der Waals surface area contributed by atoms with Crippen LogP contribution in [0.15, 0.2) is 42.5 Å². The Hall–Kier alpha value is -3.00. The van der Waals surface area contributed by atoms with Crippen molar-refractivity contribution in [3.05, 3.63) is 48.2 Å². The van der Waals surface area contributed by atoms with Gasteiger partial charge < -0.3 is 16.0 Å². The first kappa shape index (κ1) is 16.8. The first-order valence-electron chi connectivity index (χ1n) is 7.74. The highest BCUT2D eigenvalue weighted by atomic mass is 32.1. The fraction of sp³-hybridized carbons (Fsp3) is 0.176. The van der Waals surface area contributed by atoms with Crippen LogP contribution in [0, 0.1) is 0 Å². The van der Waals surface area contributed by atoms with Gasteiger partial charge in [0, 0.05) is 25.4 Å². The third-order valence-electron chi connectivity index (χ3n) is 3.37.